The van der Waals surface area contributed by atoms with Crippen molar-refractivity contribution in [3.8, 4) is 0 Å². The first-order chi connectivity index (χ1) is 7.61. The number of likely N-dealkylation sites (N-methyl/N-ethyl adjacent to an activating group) is 1. The van der Waals surface area contributed by atoms with E-state index >= 15 is 0 Å². The molecule has 0 aromatic heterocycles. The molecule has 1 unspecified atom stereocenters. The Bertz CT molecular complexity index is 297. The molecule has 0 aliphatic rings. The number of benzene rings is 1. The second kappa shape index (κ2) is 7.05. The summed E-state index contributed by atoms with van der Waals surface area (Å²) < 4.78 is 6.74. The molecule has 0 heterocycles. The van der Waals surface area contributed by atoms with Crippen molar-refractivity contribution in [1.29, 1.82) is 0 Å². The summed E-state index contributed by atoms with van der Waals surface area (Å²) in [6, 6.07) is 8.81. The van der Waals surface area contributed by atoms with Crippen molar-refractivity contribution in [2.45, 2.75) is 32.4 Å². The van der Waals surface area contributed by atoms with E-state index in [1.54, 1.807) is 0 Å². The molecule has 0 aliphatic heterocycles. The van der Waals surface area contributed by atoms with Crippen molar-refractivity contribution in [3.05, 3.63) is 34.3 Å². The highest BCUT2D eigenvalue weighted by atomic mass is 79.9. The maximum Gasteiger partial charge on any atom is 0.0626 e. The van der Waals surface area contributed by atoms with Gasteiger partial charge in [-0.3, -0.25) is 0 Å². The first-order valence-corrected chi connectivity index (χ1v) is 6.44. The van der Waals surface area contributed by atoms with Gasteiger partial charge in [-0.05, 0) is 45.0 Å². The Kier molecular flexibility index (Phi) is 6.03. The van der Waals surface area contributed by atoms with Gasteiger partial charge in [-0.25, -0.2) is 0 Å². The minimum absolute atomic E-state index is 0.292. The Morgan fingerprint density at radius 1 is 1.25 bits per heavy atom. The lowest BCUT2D eigenvalue weighted by atomic mass is 10.1. The zero-order chi connectivity index (χ0) is 12.0. The van der Waals surface area contributed by atoms with Crippen LogP contribution in [0.15, 0.2) is 28.7 Å². The fourth-order valence-corrected chi connectivity index (χ4v) is 1.72. The third-order valence-corrected chi connectivity index (χ3v) is 2.96. The summed E-state index contributed by atoms with van der Waals surface area (Å²) in [7, 11) is 1.98. The van der Waals surface area contributed by atoms with Crippen LogP contribution < -0.4 is 5.32 Å². The van der Waals surface area contributed by atoms with E-state index in [-0.39, 0.29) is 0 Å². The Hall–Kier alpha value is -0.380. The molecule has 1 N–H and O–H groups in total. The Morgan fingerprint density at radius 2 is 1.88 bits per heavy atom. The van der Waals surface area contributed by atoms with Gasteiger partial charge in [0, 0.05) is 10.5 Å². The van der Waals surface area contributed by atoms with Crippen LogP contribution >= 0.6 is 15.9 Å². The summed E-state index contributed by atoms with van der Waals surface area (Å²) in [6.07, 6.45) is 1.29. The van der Waals surface area contributed by atoms with Gasteiger partial charge in [-0.2, -0.15) is 0 Å². The van der Waals surface area contributed by atoms with Gasteiger partial charge < -0.3 is 10.1 Å². The average molecular weight is 286 g/mol. The van der Waals surface area contributed by atoms with E-state index < -0.39 is 0 Å². The maximum atomic E-state index is 5.62. The lowest BCUT2D eigenvalue weighted by Gasteiger charge is -2.18. The van der Waals surface area contributed by atoms with E-state index in [4.69, 9.17) is 4.74 Å². The summed E-state index contributed by atoms with van der Waals surface area (Å²) in [5, 5.41) is 3.28. The van der Waals surface area contributed by atoms with Crippen LogP contribution in [-0.4, -0.2) is 25.8 Å². The highest BCUT2D eigenvalue weighted by Gasteiger charge is 2.08. The van der Waals surface area contributed by atoms with Crippen LogP contribution in [0.1, 0.15) is 19.4 Å². The predicted octanol–water partition coefficient (Wildman–Crippen LogP) is 3.00. The summed E-state index contributed by atoms with van der Waals surface area (Å²) in [6.45, 7) is 4.88. The maximum absolute atomic E-state index is 5.62. The number of halogens is 1. The van der Waals surface area contributed by atoms with Crippen molar-refractivity contribution < 1.29 is 4.74 Å². The largest absolute Gasteiger partial charge is 0.377 e. The quantitative estimate of drug-likeness (QED) is 0.868. The van der Waals surface area contributed by atoms with Crippen molar-refractivity contribution in [3.63, 3.8) is 0 Å². The second-order valence-corrected chi connectivity index (χ2v) is 5.11. The molecular formula is C13H20BrNO. The Labute approximate surface area is 107 Å². The molecule has 0 radical (unpaired) electrons. The van der Waals surface area contributed by atoms with Crippen LogP contribution in [-0.2, 0) is 11.2 Å². The van der Waals surface area contributed by atoms with Crippen molar-refractivity contribution in [2.75, 3.05) is 13.7 Å². The van der Waals surface area contributed by atoms with Crippen LogP contribution in [0.25, 0.3) is 0 Å². The zero-order valence-corrected chi connectivity index (χ0v) is 11.8. The van der Waals surface area contributed by atoms with E-state index in [0.29, 0.717) is 12.1 Å². The molecule has 1 aromatic rings. The molecule has 0 spiro atoms. The molecule has 0 amide bonds. The molecular weight excluding hydrogens is 266 g/mol. The first-order valence-electron chi connectivity index (χ1n) is 5.65. The van der Waals surface area contributed by atoms with Gasteiger partial charge in [-0.15, -0.1) is 0 Å². The van der Waals surface area contributed by atoms with E-state index in [9.17, 15) is 0 Å². The molecule has 0 saturated heterocycles. The van der Waals surface area contributed by atoms with Gasteiger partial charge in [0.05, 0.1) is 12.7 Å². The van der Waals surface area contributed by atoms with Crippen LogP contribution in [0.5, 0.6) is 0 Å². The minimum Gasteiger partial charge on any atom is -0.377 e. The summed E-state index contributed by atoms with van der Waals surface area (Å²) >= 11 is 3.44. The lowest BCUT2D eigenvalue weighted by Crippen LogP contribution is -2.33. The Balaban J connectivity index is 2.46. The van der Waals surface area contributed by atoms with Crippen LogP contribution in [0.3, 0.4) is 0 Å². The third kappa shape index (κ3) is 5.10. The van der Waals surface area contributed by atoms with Gasteiger partial charge in [-0.1, -0.05) is 28.1 Å². The molecule has 0 bridgehead atoms. The van der Waals surface area contributed by atoms with Crippen LogP contribution in [0.4, 0.5) is 0 Å². The fourth-order valence-electron chi connectivity index (χ4n) is 1.46. The first kappa shape index (κ1) is 13.7. The van der Waals surface area contributed by atoms with Crippen molar-refractivity contribution >= 4 is 15.9 Å². The van der Waals surface area contributed by atoms with E-state index in [1.807, 2.05) is 7.05 Å². The topological polar surface area (TPSA) is 21.3 Å². The molecule has 0 saturated carbocycles. The average Bonchev–Trinajstić information content (AvgIpc) is 2.26. The molecule has 0 aliphatic carbocycles. The molecule has 3 heteroatoms. The normalized spacial score (nSPS) is 13.1. The van der Waals surface area contributed by atoms with Crippen molar-refractivity contribution in [1.82, 2.24) is 5.32 Å². The van der Waals surface area contributed by atoms with Crippen molar-refractivity contribution in [2.24, 2.45) is 0 Å². The number of hydrogen-bond acceptors (Lipinski definition) is 2. The number of hydrogen-bond donors (Lipinski definition) is 1. The second-order valence-electron chi connectivity index (χ2n) is 4.20. The lowest BCUT2D eigenvalue weighted by molar-refractivity contribution is 0.0628. The number of rotatable bonds is 6. The highest BCUT2D eigenvalue weighted by molar-refractivity contribution is 9.10. The molecule has 0 fully saturated rings. The van der Waals surface area contributed by atoms with Gasteiger partial charge in [0.1, 0.15) is 0 Å². The number of ether oxygens (including phenoxy) is 1. The van der Waals surface area contributed by atoms with Gasteiger partial charge in [0.15, 0.2) is 0 Å². The smallest absolute Gasteiger partial charge is 0.0626 e. The minimum atomic E-state index is 0.292. The van der Waals surface area contributed by atoms with Gasteiger partial charge in [0.25, 0.3) is 0 Å². The van der Waals surface area contributed by atoms with E-state index in [0.717, 1.165) is 17.5 Å². The number of nitrogens with one attached hydrogen (secondary N) is 1. The van der Waals surface area contributed by atoms with Crippen LogP contribution in [0, 0.1) is 0 Å². The zero-order valence-electron chi connectivity index (χ0n) is 10.2. The molecule has 2 nitrogen and oxygen atoms in total. The van der Waals surface area contributed by atoms with Crippen LogP contribution in [0.2, 0.25) is 0 Å². The predicted molar refractivity (Wildman–Crippen MR) is 71.8 cm³/mol. The SMILES string of the molecule is CNC(COC(C)C)Cc1ccc(Br)cc1. The van der Waals surface area contributed by atoms with Gasteiger partial charge in [0.2, 0.25) is 0 Å². The fraction of sp³-hybridized carbons (Fsp3) is 0.538. The molecule has 1 aromatic carbocycles. The monoisotopic (exact) mass is 285 g/mol. The molecule has 90 valence electrons. The Morgan fingerprint density at radius 3 is 2.38 bits per heavy atom. The summed E-state index contributed by atoms with van der Waals surface area (Å²) in [5.74, 6) is 0. The molecule has 1 rings (SSSR count). The third-order valence-electron chi connectivity index (χ3n) is 2.43. The molecule has 1 atom stereocenters. The highest BCUT2D eigenvalue weighted by Crippen LogP contribution is 2.12. The standard InChI is InChI=1S/C13H20BrNO/c1-10(2)16-9-13(15-3)8-11-4-6-12(14)7-5-11/h4-7,10,13,15H,8-9H2,1-3H3. The van der Waals surface area contributed by atoms with E-state index in [1.165, 1.54) is 5.56 Å². The van der Waals surface area contributed by atoms with E-state index in [2.05, 4.69) is 59.4 Å². The summed E-state index contributed by atoms with van der Waals surface area (Å²) in [5.41, 5.74) is 1.33. The van der Waals surface area contributed by atoms with Gasteiger partial charge >= 0.3 is 0 Å². The molecule has 16 heavy (non-hydrogen) atoms. The summed E-state index contributed by atoms with van der Waals surface area (Å²) in [4.78, 5) is 0.